The lowest BCUT2D eigenvalue weighted by molar-refractivity contribution is -0.120. The number of carbonyl (C=O) groups excluding carboxylic acids is 1. The maximum absolute atomic E-state index is 13.5. The minimum absolute atomic E-state index is 0.0710. The summed E-state index contributed by atoms with van der Waals surface area (Å²) in [6.45, 7) is 2.37. The van der Waals surface area contributed by atoms with Gasteiger partial charge in [-0.3, -0.25) is 4.79 Å². The zero-order chi connectivity index (χ0) is 17.1. The highest BCUT2D eigenvalue weighted by atomic mass is 19.1. The van der Waals surface area contributed by atoms with Crippen LogP contribution in [0.25, 0.3) is 11.0 Å². The summed E-state index contributed by atoms with van der Waals surface area (Å²) in [6.07, 6.45) is 0.777. The lowest BCUT2D eigenvalue weighted by atomic mass is 10.1. The lowest BCUT2D eigenvalue weighted by Crippen LogP contribution is -2.27. The van der Waals surface area contributed by atoms with Crippen molar-refractivity contribution in [2.24, 2.45) is 7.05 Å². The molecule has 1 aromatic heterocycles. The average Bonchev–Trinajstić information content (AvgIpc) is 2.83. The molecule has 0 saturated heterocycles. The number of fused-ring (bicyclic) bond motifs is 1. The van der Waals surface area contributed by atoms with Gasteiger partial charge in [-0.25, -0.2) is 9.37 Å². The Morgan fingerprint density at radius 3 is 2.83 bits per heavy atom. The summed E-state index contributed by atoms with van der Waals surface area (Å²) in [7, 11) is 1.97. The molecule has 0 bridgehead atoms. The van der Waals surface area contributed by atoms with Gasteiger partial charge in [0.05, 0.1) is 17.5 Å². The number of hydrogen-bond donors (Lipinski definition) is 1. The third kappa shape index (κ3) is 3.45. The van der Waals surface area contributed by atoms with Crippen LogP contribution >= 0.6 is 0 Å². The lowest BCUT2D eigenvalue weighted by Gasteiger charge is -2.06. The fourth-order valence-corrected chi connectivity index (χ4v) is 2.76. The van der Waals surface area contributed by atoms with Gasteiger partial charge in [-0.2, -0.15) is 0 Å². The molecule has 124 valence electrons. The standard InChI is InChI=1S/C19H20FN3O/c1-13-22-17-11-14(7-8-18(17)23(13)2)12-19(24)21-10-9-15-5-3-4-6-16(15)20/h3-8,11H,9-10,12H2,1-2H3,(H,21,24). The number of nitrogens with one attached hydrogen (secondary N) is 1. The summed E-state index contributed by atoms with van der Waals surface area (Å²) < 4.78 is 15.5. The maximum atomic E-state index is 13.5. The fraction of sp³-hybridized carbons (Fsp3) is 0.263. The van der Waals surface area contributed by atoms with E-state index in [9.17, 15) is 9.18 Å². The fourth-order valence-electron chi connectivity index (χ4n) is 2.76. The van der Waals surface area contributed by atoms with Gasteiger partial charge in [0.25, 0.3) is 0 Å². The van der Waals surface area contributed by atoms with Crippen molar-refractivity contribution >= 4 is 16.9 Å². The van der Waals surface area contributed by atoms with E-state index in [0.29, 0.717) is 24.9 Å². The van der Waals surface area contributed by atoms with Gasteiger partial charge in [0.15, 0.2) is 0 Å². The number of halogens is 1. The predicted molar refractivity (Wildman–Crippen MR) is 92.3 cm³/mol. The van der Waals surface area contributed by atoms with E-state index < -0.39 is 0 Å². The van der Waals surface area contributed by atoms with E-state index in [2.05, 4.69) is 10.3 Å². The molecule has 0 saturated carbocycles. The van der Waals surface area contributed by atoms with Crippen LogP contribution < -0.4 is 5.32 Å². The highest BCUT2D eigenvalue weighted by Crippen LogP contribution is 2.16. The molecule has 1 heterocycles. The monoisotopic (exact) mass is 325 g/mol. The first kappa shape index (κ1) is 16.2. The van der Waals surface area contributed by atoms with Gasteiger partial charge in [0.1, 0.15) is 11.6 Å². The highest BCUT2D eigenvalue weighted by molar-refractivity contribution is 5.82. The first-order valence-electron chi connectivity index (χ1n) is 7.96. The van der Waals surface area contributed by atoms with Crippen LogP contribution in [0.4, 0.5) is 4.39 Å². The Hall–Kier alpha value is -2.69. The van der Waals surface area contributed by atoms with Crippen molar-refractivity contribution < 1.29 is 9.18 Å². The number of imidazole rings is 1. The Labute approximate surface area is 140 Å². The van der Waals surface area contributed by atoms with Crippen molar-refractivity contribution in [1.29, 1.82) is 0 Å². The molecule has 0 unspecified atom stereocenters. The molecular formula is C19H20FN3O. The van der Waals surface area contributed by atoms with E-state index in [1.165, 1.54) is 6.07 Å². The molecular weight excluding hydrogens is 305 g/mol. The number of nitrogens with zero attached hydrogens (tertiary/aromatic N) is 2. The normalized spacial score (nSPS) is 11.0. The molecule has 0 radical (unpaired) electrons. The van der Waals surface area contributed by atoms with Crippen molar-refractivity contribution in [2.45, 2.75) is 19.8 Å². The van der Waals surface area contributed by atoms with Crippen molar-refractivity contribution in [2.75, 3.05) is 6.54 Å². The SMILES string of the molecule is Cc1nc2cc(CC(=O)NCCc3ccccc3F)ccc2n1C. The van der Waals surface area contributed by atoms with Crippen molar-refractivity contribution in [1.82, 2.24) is 14.9 Å². The van der Waals surface area contributed by atoms with E-state index in [0.717, 1.165) is 22.4 Å². The largest absolute Gasteiger partial charge is 0.355 e. The molecule has 1 N–H and O–H groups in total. The molecule has 0 atom stereocenters. The van der Waals surface area contributed by atoms with E-state index in [1.54, 1.807) is 18.2 Å². The summed E-state index contributed by atoms with van der Waals surface area (Å²) >= 11 is 0. The van der Waals surface area contributed by atoms with Gasteiger partial charge < -0.3 is 9.88 Å². The Morgan fingerprint density at radius 2 is 2.04 bits per heavy atom. The van der Waals surface area contributed by atoms with E-state index >= 15 is 0 Å². The van der Waals surface area contributed by atoms with Gasteiger partial charge in [-0.05, 0) is 42.7 Å². The quantitative estimate of drug-likeness (QED) is 0.784. The average molecular weight is 325 g/mol. The van der Waals surface area contributed by atoms with Crippen LogP contribution in [0.2, 0.25) is 0 Å². The topological polar surface area (TPSA) is 46.9 Å². The Balaban J connectivity index is 1.58. The van der Waals surface area contributed by atoms with Crippen LogP contribution in [-0.2, 0) is 24.7 Å². The summed E-state index contributed by atoms with van der Waals surface area (Å²) in [5.74, 6) is 0.637. The van der Waals surface area contributed by atoms with Gasteiger partial charge in [0, 0.05) is 13.6 Å². The smallest absolute Gasteiger partial charge is 0.224 e. The minimum atomic E-state index is -0.234. The van der Waals surface area contributed by atoms with E-state index in [-0.39, 0.29) is 11.7 Å². The van der Waals surface area contributed by atoms with E-state index in [4.69, 9.17) is 0 Å². The predicted octanol–water partition coefficient (Wildman–Crippen LogP) is 2.92. The van der Waals surface area contributed by atoms with Crippen LogP contribution in [0.1, 0.15) is 17.0 Å². The first-order valence-corrected chi connectivity index (χ1v) is 7.96. The molecule has 0 fully saturated rings. The molecule has 0 aliphatic rings. The second-order valence-electron chi connectivity index (χ2n) is 5.91. The zero-order valence-electron chi connectivity index (χ0n) is 13.8. The molecule has 4 nitrogen and oxygen atoms in total. The second-order valence-corrected chi connectivity index (χ2v) is 5.91. The van der Waals surface area contributed by atoms with Gasteiger partial charge in [-0.1, -0.05) is 24.3 Å². The third-order valence-corrected chi connectivity index (χ3v) is 4.21. The highest BCUT2D eigenvalue weighted by Gasteiger charge is 2.08. The van der Waals surface area contributed by atoms with Crippen LogP contribution in [0.3, 0.4) is 0 Å². The van der Waals surface area contributed by atoms with Crippen LogP contribution in [0, 0.1) is 12.7 Å². The zero-order valence-corrected chi connectivity index (χ0v) is 13.8. The number of benzene rings is 2. The molecule has 2 aromatic carbocycles. The molecule has 3 aromatic rings. The third-order valence-electron chi connectivity index (χ3n) is 4.21. The van der Waals surface area contributed by atoms with Crippen molar-refractivity contribution in [3.63, 3.8) is 0 Å². The van der Waals surface area contributed by atoms with Crippen molar-refractivity contribution in [3.8, 4) is 0 Å². The van der Waals surface area contributed by atoms with Crippen LogP contribution in [0.5, 0.6) is 0 Å². The molecule has 24 heavy (non-hydrogen) atoms. The minimum Gasteiger partial charge on any atom is -0.355 e. The number of carbonyl (C=O) groups is 1. The molecule has 5 heteroatoms. The summed E-state index contributed by atoms with van der Waals surface area (Å²) in [4.78, 5) is 16.5. The van der Waals surface area contributed by atoms with Crippen LogP contribution in [0.15, 0.2) is 42.5 Å². The first-order chi connectivity index (χ1) is 11.5. The maximum Gasteiger partial charge on any atom is 0.224 e. The molecule has 3 rings (SSSR count). The Kier molecular flexibility index (Phi) is 4.60. The molecule has 0 aliphatic carbocycles. The Bertz CT molecular complexity index is 885. The summed E-state index contributed by atoms with van der Waals surface area (Å²) in [5.41, 5.74) is 3.48. The van der Waals surface area contributed by atoms with Gasteiger partial charge >= 0.3 is 0 Å². The second kappa shape index (κ2) is 6.83. The Morgan fingerprint density at radius 1 is 1.25 bits per heavy atom. The number of rotatable bonds is 5. The number of amides is 1. The van der Waals surface area contributed by atoms with Crippen LogP contribution in [-0.4, -0.2) is 22.0 Å². The summed E-state index contributed by atoms with van der Waals surface area (Å²) in [5, 5.41) is 2.84. The molecule has 0 spiro atoms. The molecule has 0 aliphatic heterocycles. The van der Waals surface area contributed by atoms with Gasteiger partial charge in [-0.15, -0.1) is 0 Å². The van der Waals surface area contributed by atoms with Gasteiger partial charge in [0.2, 0.25) is 5.91 Å². The number of aromatic nitrogens is 2. The summed E-state index contributed by atoms with van der Waals surface area (Å²) in [6, 6.07) is 12.5. The molecule has 1 amide bonds. The van der Waals surface area contributed by atoms with Crippen molar-refractivity contribution in [3.05, 3.63) is 65.2 Å². The number of hydrogen-bond acceptors (Lipinski definition) is 2. The van der Waals surface area contributed by atoms with E-state index in [1.807, 2.05) is 36.7 Å². The number of aryl methyl sites for hydroxylation is 2.